The molecule has 0 saturated heterocycles. The quantitative estimate of drug-likeness (QED) is 0.805. The predicted molar refractivity (Wildman–Crippen MR) is 82.2 cm³/mol. The molecule has 1 aliphatic carbocycles. The van der Waals surface area contributed by atoms with E-state index in [-0.39, 0.29) is 17.9 Å². The second kappa shape index (κ2) is 6.47. The van der Waals surface area contributed by atoms with Gasteiger partial charge in [0.05, 0.1) is 18.0 Å². The van der Waals surface area contributed by atoms with Crippen LogP contribution in [0.5, 0.6) is 0 Å². The van der Waals surface area contributed by atoms with E-state index in [1.54, 1.807) is 7.11 Å². The Balaban J connectivity index is 2.20. The summed E-state index contributed by atoms with van der Waals surface area (Å²) in [6.45, 7) is 7.22. The summed E-state index contributed by atoms with van der Waals surface area (Å²) in [5.74, 6) is 0.704. The van der Waals surface area contributed by atoms with Crippen LogP contribution in [0.3, 0.4) is 0 Å². The molecule has 1 atom stereocenters. The first-order valence-corrected chi connectivity index (χ1v) is 7.61. The number of hydrogen-bond donors (Lipinski definition) is 2. The zero-order valence-electron chi connectivity index (χ0n) is 13.3. The molecule has 0 bridgehead atoms. The molecule has 1 fully saturated rings. The molecule has 118 valence electrons. The summed E-state index contributed by atoms with van der Waals surface area (Å²) < 4.78 is 5.13. The first-order valence-electron chi connectivity index (χ1n) is 7.61. The number of H-pyrrole nitrogens is 1. The maximum absolute atomic E-state index is 12.8. The number of hydrogen-bond acceptors (Lipinski definition) is 4. The third kappa shape index (κ3) is 3.37. The fraction of sp³-hybridized carbons (Fsp3) is 0.733. The normalized spacial score (nSPS) is 16.2. The van der Waals surface area contributed by atoms with Gasteiger partial charge in [0.1, 0.15) is 0 Å². The van der Waals surface area contributed by atoms with Crippen molar-refractivity contribution in [3.63, 3.8) is 0 Å². The Hall–Kier alpha value is -1.56. The zero-order valence-corrected chi connectivity index (χ0v) is 13.3. The van der Waals surface area contributed by atoms with E-state index >= 15 is 0 Å². The number of methoxy groups -OCH3 is 1. The molecule has 6 heteroatoms. The van der Waals surface area contributed by atoms with Gasteiger partial charge >= 0.3 is 0 Å². The van der Waals surface area contributed by atoms with Crippen LogP contribution in [0, 0.1) is 5.92 Å². The second-order valence-corrected chi connectivity index (χ2v) is 6.12. The lowest BCUT2D eigenvalue weighted by atomic mass is 10.1. The van der Waals surface area contributed by atoms with E-state index in [0.29, 0.717) is 30.5 Å². The van der Waals surface area contributed by atoms with Gasteiger partial charge in [-0.15, -0.1) is 0 Å². The first kappa shape index (κ1) is 15.8. The fourth-order valence-corrected chi connectivity index (χ4v) is 2.62. The van der Waals surface area contributed by atoms with Crippen LogP contribution in [0.4, 0.5) is 5.69 Å². The number of nitrogen functional groups attached to an aromatic ring is 1. The highest BCUT2D eigenvalue weighted by atomic mass is 16.5. The topological polar surface area (TPSA) is 84.2 Å². The number of rotatable bonds is 7. The minimum atomic E-state index is -0.105. The molecule has 3 N–H and O–H groups in total. The standard InChI is InChI=1S/C15H26N4O2/c1-9(2)13-12(16)14(18-17-13)15(20)19(7-8-21-4)10(3)11-5-6-11/h9-11H,5-8,16H2,1-4H3,(H,17,18). The lowest BCUT2D eigenvalue weighted by Gasteiger charge is -2.28. The van der Waals surface area contributed by atoms with Gasteiger partial charge in [0, 0.05) is 19.7 Å². The zero-order chi connectivity index (χ0) is 15.6. The average Bonchev–Trinajstić information content (AvgIpc) is 3.21. The number of amides is 1. The van der Waals surface area contributed by atoms with E-state index in [0.717, 1.165) is 5.69 Å². The number of nitrogens with one attached hydrogen (secondary N) is 1. The van der Waals surface area contributed by atoms with E-state index in [9.17, 15) is 4.79 Å². The monoisotopic (exact) mass is 294 g/mol. The first-order chi connectivity index (χ1) is 9.97. The van der Waals surface area contributed by atoms with Crippen molar-refractivity contribution < 1.29 is 9.53 Å². The van der Waals surface area contributed by atoms with Crippen molar-refractivity contribution in [3.8, 4) is 0 Å². The lowest BCUT2D eigenvalue weighted by molar-refractivity contribution is 0.0590. The molecule has 1 amide bonds. The highest BCUT2D eigenvalue weighted by molar-refractivity contribution is 5.98. The van der Waals surface area contributed by atoms with Crippen LogP contribution in [0.25, 0.3) is 0 Å². The summed E-state index contributed by atoms with van der Waals surface area (Å²) >= 11 is 0. The lowest BCUT2D eigenvalue weighted by Crippen LogP contribution is -2.42. The Morgan fingerprint density at radius 3 is 2.62 bits per heavy atom. The van der Waals surface area contributed by atoms with Crippen LogP contribution in [0.15, 0.2) is 0 Å². The molecule has 1 aromatic heterocycles. The van der Waals surface area contributed by atoms with Crippen molar-refractivity contribution >= 4 is 11.6 Å². The van der Waals surface area contributed by atoms with Gasteiger partial charge in [0.2, 0.25) is 0 Å². The van der Waals surface area contributed by atoms with Crippen LogP contribution in [-0.4, -0.2) is 47.3 Å². The summed E-state index contributed by atoms with van der Waals surface area (Å²) in [6, 6.07) is 0.200. The summed E-state index contributed by atoms with van der Waals surface area (Å²) in [6.07, 6.45) is 2.37. The van der Waals surface area contributed by atoms with Crippen molar-refractivity contribution in [2.75, 3.05) is 26.0 Å². The Morgan fingerprint density at radius 2 is 2.14 bits per heavy atom. The van der Waals surface area contributed by atoms with Crippen LogP contribution < -0.4 is 5.73 Å². The molecule has 21 heavy (non-hydrogen) atoms. The van der Waals surface area contributed by atoms with Crippen molar-refractivity contribution in [2.45, 2.75) is 45.6 Å². The minimum absolute atomic E-state index is 0.105. The minimum Gasteiger partial charge on any atom is -0.395 e. The Kier molecular flexibility index (Phi) is 4.88. The Morgan fingerprint density at radius 1 is 1.48 bits per heavy atom. The fourth-order valence-electron chi connectivity index (χ4n) is 2.62. The SMILES string of the molecule is COCCN(C(=O)c1n[nH]c(C(C)C)c1N)C(C)C1CC1. The van der Waals surface area contributed by atoms with Crippen LogP contribution >= 0.6 is 0 Å². The molecule has 0 radical (unpaired) electrons. The molecule has 1 heterocycles. The highest BCUT2D eigenvalue weighted by Gasteiger charge is 2.36. The maximum Gasteiger partial charge on any atom is 0.276 e. The van der Waals surface area contributed by atoms with Gasteiger partial charge in [-0.1, -0.05) is 13.8 Å². The molecule has 2 rings (SSSR count). The van der Waals surface area contributed by atoms with E-state index in [1.807, 2.05) is 18.7 Å². The number of carbonyl (C=O) groups excluding carboxylic acids is 1. The van der Waals surface area contributed by atoms with Gasteiger partial charge in [0.15, 0.2) is 5.69 Å². The highest BCUT2D eigenvalue weighted by Crippen LogP contribution is 2.36. The van der Waals surface area contributed by atoms with E-state index in [2.05, 4.69) is 17.1 Å². The van der Waals surface area contributed by atoms with Gasteiger partial charge in [-0.3, -0.25) is 9.89 Å². The van der Waals surface area contributed by atoms with Gasteiger partial charge in [-0.05, 0) is 31.6 Å². The molecule has 1 unspecified atom stereocenters. The molecule has 1 saturated carbocycles. The van der Waals surface area contributed by atoms with Crippen molar-refractivity contribution in [3.05, 3.63) is 11.4 Å². The molecule has 0 spiro atoms. The summed E-state index contributed by atoms with van der Waals surface area (Å²) in [4.78, 5) is 14.6. The third-order valence-electron chi connectivity index (χ3n) is 4.21. The van der Waals surface area contributed by atoms with Crippen molar-refractivity contribution in [2.24, 2.45) is 5.92 Å². The number of nitrogens with zero attached hydrogens (tertiary/aromatic N) is 2. The number of carbonyl (C=O) groups is 1. The van der Waals surface area contributed by atoms with E-state index < -0.39 is 0 Å². The smallest absolute Gasteiger partial charge is 0.276 e. The molecule has 1 aliphatic rings. The average molecular weight is 294 g/mol. The number of aromatic amines is 1. The van der Waals surface area contributed by atoms with Gasteiger partial charge in [-0.25, -0.2) is 0 Å². The second-order valence-electron chi connectivity index (χ2n) is 6.12. The molecule has 0 aromatic carbocycles. The van der Waals surface area contributed by atoms with Crippen molar-refractivity contribution in [1.82, 2.24) is 15.1 Å². The molecule has 1 aromatic rings. The number of anilines is 1. The third-order valence-corrected chi connectivity index (χ3v) is 4.21. The van der Waals surface area contributed by atoms with Gasteiger partial charge in [0.25, 0.3) is 5.91 Å². The molecule has 0 aliphatic heterocycles. The molecular weight excluding hydrogens is 268 g/mol. The Labute approximate surface area is 126 Å². The van der Waals surface area contributed by atoms with Crippen molar-refractivity contribution in [1.29, 1.82) is 0 Å². The number of nitrogens with two attached hydrogens (primary N) is 1. The summed E-state index contributed by atoms with van der Waals surface area (Å²) in [5, 5.41) is 7.04. The van der Waals surface area contributed by atoms with Gasteiger partial charge < -0.3 is 15.4 Å². The predicted octanol–water partition coefficient (Wildman–Crippen LogP) is 2.00. The molecule has 6 nitrogen and oxygen atoms in total. The van der Waals surface area contributed by atoms with Crippen LogP contribution in [0.2, 0.25) is 0 Å². The Bertz CT molecular complexity index is 494. The molecular formula is C15H26N4O2. The van der Waals surface area contributed by atoms with E-state index in [1.165, 1.54) is 12.8 Å². The number of aromatic nitrogens is 2. The van der Waals surface area contributed by atoms with E-state index in [4.69, 9.17) is 10.5 Å². The summed E-state index contributed by atoms with van der Waals surface area (Å²) in [5.41, 5.74) is 7.72. The number of ether oxygens (including phenoxy) is 1. The largest absolute Gasteiger partial charge is 0.395 e. The van der Waals surface area contributed by atoms with Crippen LogP contribution in [-0.2, 0) is 4.74 Å². The van der Waals surface area contributed by atoms with Gasteiger partial charge in [-0.2, -0.15) is 5.10 Å². The summed E-state index contributed by atoms with van der Waals surface area (Å²) in [7, 11) is 1.64. The van der Waals surface area contributed by atoms with Crippen LogP contribution in [0.1, 0.15) is 55.7 Å². The maximum atomic E-state index is 12.8.